The van der Waals surface area contributed by atoms with E-state index in [1.54, 1.807) is 18.4 Å². The molecule has 146 valence electrons. The number of hydrogen-bond donors (Lipinski definition) is 0. The van der Waals surface area contributed by atoms with Gasteiger partial charge in [-0.05, 0) is 30.2 Å². The van der Waals surface area contributed by atoms with Crippen molar-refractivity contribution in [2.75, 3.05) is 20.7 Å². The molecule has 0 saturated heterocycles. The molecule has 0 aliphatic rings. The maximum Gasteiger partial charge on any atom is 0.223 e. The Morgan fingerprint density at radius 3 is 2.39 bits per heavy atom. The number of likely N-dealkylation sites (N-methyl/N-ethyl adjacent to an activating group) is 1. The van der Waals surface area contributed by atoms with Crippen LogP contribution in [0.1, 0.15) is 34.0 Å². The van der Waals surface area contributed by atoms with Crippen molar-refractivity contribution in [3.63, 3.8) is 0 Å². The third-order valence-corrected chi connectivity index (χ3v) is 6.04. The van der Waals surface area contributed by atoms with Crippen molar-refractivity contribution < 1.29 is 9.53 Å². The SMILES string of the molecule is COc1ccc([C@@H](CC(=O)N(C)CCc2scnc2C)c2ccccc2)cc1. The number of aryl methyl sites for hydroxylation is 1. The van der Waals surface area contributed by atoms with Crippen LogP contribution < -0.4 is 4.74 Å². The number of methoxy groups -OCH3 is 1. The molecule has 0 N–H and O–H groups in total. The second-order valence-electron chi connectivity index (χ2n) is 6.87. The number of benzene rings is 2. The quantitative estimate of drug-likeness (QED) is 0.557. The van der Waals surface area contributed by atoms with Crippen molar-refractivity contribution in [2.45, 2.75) is 25.7 Å². The summed E-state index contributed by atoms with van der Waals surface area (Å²) in [6.45, 7) is 2.72. The van der Waals surface area contributed by atoms with Crippen molar-refractivity contribution in [2.24, 2.45) is 0 Å². The molecule has 3 rings (SSSR count). The van der Waals surface area contributed by atoms with Gasteiger partial charge in [0, 0.05) is 37.2 Å². The second kappa shape index (κ2) is 9.51. The highest BCUT2D eigenvalue weighted by Crippen LogP contribution is 2.30. The molecule has 0 radical (unpaired) electrons. The summed E-state index contributed by atoms with van der Waals surface area (Å²) >= 11 is 1.65. The number of amides is 1. The lowest BCUT2D eigenvalue weighted by Crippen LogP contribution is -2.30. The summed E-state index contributed by atoms with van der Waals surface area (Å²) in [6, 6.07) is 18.2. The van der Waals surface area contributed by atoms with Gasteiger partial charge in [-0.25, -0.2) is 4.98 Å². The topological polar surface area (TPSA) is 42.4 Å². The lowest BCUT2D eigenvalue weighted by atomic mass is 9.88. The highest BCUT2D eigenvalue weighted by molar-refractivity contribution is 7.09. The summed E-state index contributed by atoms with van der Waals surface area (Å²) in [5, 5.41) is 0. The van der Waals surface area contributed by atoms with Crippen molar-refractivity contribution in [3.8, 4) is 5.75 Å². The van der Waals surface area contributed by atoms with Crippen LogP contribution in [0.25, 0.3) is 0 Å². The molecule has 1 heterocycles. The van der Waals surface area contributed by atoms with Crippen LogP contribution in [-0.4, -0.2) is 36.5 Å². The summed E-state index contributed by atoms with van der Waals surface area (Å²) < 4.78 is 5.27. The fraction of sp³-hybridized carbons (Fsp3) is 0.304. The number of thiazole rings is 1. The second-order valence-corrected chi connectivity index (χ2v) is 7.81. The molecule has 0 aliphatic carbocycles. The van der Waals surface area contributed by atoms with Gasteiger partial charge in [0.2, 0.25) is 5.91 Å². The smallest absolute Gasteiger partial charge is 0.223 e. The monoisotopic (exact) mass is 394 g/mol. The first-order chi connectivity index (χ1) is 13.6. The Labute approximate surface area is 170 Å². The molecule has 1 aromatic heterocycles. The Hall–Kier alpha value is -2.66. The predicted molar refractivity (Wildman–Crippen MR) is 114 cm³/mol. The zero-order chi connectivity index (χ0) is 19.9. The van der Waals surface area contributed by atoms with E-state index in [0.717, 1.165) is 29.0 Å². The summed E-state index contributed by atoms with van der Waals surface area (Å²) in [5.74, 6) is 0.984. The van der Waals surface area contributed by atoms with Gasteiger partial charge < -0.3 is 9.64 Å². The van der Waals surface area contributed by atoms with E-state index >= 15 is 0 Å². The van der Waals surface area contributed by atoms with E-state index in [9.17, 15) is 4.79 Å². The van der Waals surface area contributed by atoms with Crippen molar-refractivity contribution >= 4 is 17.2 Å². The molecular weight excluding hydrogens is 368 g/mol. The Kier molecular flexibility index (Phi) is 6.82. The fourth-order valence-electron chi connectivity index (χ4n) is 3.24. The summed E-state index contributed by atoms with van der Waals surface area (Å²) in [6.07, 6.45) is 1.28. The highest BCUT2D eigenvalue weighted by Gasteiger charge is 2.21. The van der Waals surface area contributed by atoms with Gasteiger partial charge in [-0.1, -0.05) is 42.5 Å². The number of carbonyl (C=O) groups is 1. The minimum Gasteiger partial charge on any atom is -0.497 e. The normalized spacial score (nSPS) is 11.8. The van der Waals surface area contributed by atoms with Crippen LogP contribution >= 0.6 is 11.3 Å². The van der Waals surface area contributed by atoms with Crippen molar-refractivity contribution in [1.29, 1.82) is 0 Å². The van der Waals surface area contributed by atoms with Crippen LogP contribution in [0.2, 0.25) is 0 Å². The maximum absolute atomic E-state index is 13.0. The minimum absolute atomic E-state index is 0.0206. The number of carbonyl (C=O) groups excluding carboxylic acids is 1. The van der Waals surface area contributed by atoms with Crippen LogP contribution in [0, 0.1) is 6.92 Å². The molecule has 0 saturated carbocycles. The highest BCUT2D eigenvalue weighted by atomic mass is 32.1. The zero-order valence-electron chi connectivity index (χ0n) is 16.6. The van der Waals surface area contributed by atoms with Gasteiger partial charge in [-0.15, -0.1) is 11.3 Å². The molecule has 1 amide bonds. The molecule has 5 heteroatoms. The molecule has 0 aliphatic heterocycles. The first-order valence-corrected chi connectivity index (χ1v) is 10.3. The van der Waals surface area contributed by atoms with Gasteiger partial charge in [0.25, 0.3) is 0 Å². The Morgan fingerprint density at radius 2 is 1.79 bits per heavy atom. The maximum atomic E-state index is 13.0. The van der Waals surface area contributed by atoms with Gasteiger partial charge in [-0.2, -0.15) is 0 Å². The molecule has 0 bridgehead atoms. The Bertz CT molecular complexity index is 890. The van der Waals surface area contributed by atoms with E-state index in [4.69, 9.17) is 4.74 Å². The van der Waals surface area contributed by atoms with Gasteiger partial charge in [-0.3, -0.25) is 4.79 Å². The average Bonchev–Trinajstić information content (AvgIpc) is 3.15. The molecule has 0 spiro atoms. The van der Waals surface area contributed by atoms with E-state index in [2.05, 4.69) is 17.1 Å². The average molecular weight is 395 g/mol. The number of ether oxygens (including phenoxy) is 1. The first-order valence-electron chi connectivity index (χ1n) is 9.40. The van der Waals surface area contributed by atoms with E-state index in [1.165, 1.54) is 4.88 Å². The largest absolute Gasteiger partial charge is 0.497 e. The molecule has 4 nitrogen and oxygen atoms in total. The minimum atomic E-state index is 0.0206. The predicted octanol–water partition coefficient (Wildman–Crippen LogP) is 4.68. The molecule has 2 aromatic carbocycles. The summed E-state index contributed by atoms with van der Waals surface area (Å²) in [7, 11) is 3.54. The number of nitrogens with zero attached hydrogens (tertiary/aromatic N) is 2. The number of aromatic nitrogens is 1. The number of rotatable bonds is 8. The van der Waals surface area contributed by atoms with Crippen LogP contribution in [0.4, 0.5) is 0 Å². The molecule has 3 aromatic rings. The third kappa shape index (κ3) is 4.98. The van der Waals surface area contributed by atoms with Crippen molar-refractivity contribution in [1.82, 2.24) is 9.88 Å². The first kappa shape index (κ1) is 20.1. The van der Waals surface area contributed by atoms with Crippen molar-refractivity contribution in [3.05, 3.63) is 81.8 Å². The van der Waals surface area contributed by atoms with Crippen LogP contribution in [-0.2, 0) is 11.2 Å². The van der Waals surface area contributed by atoms with Gasteiger partial charge in [0.15, 0.2) is 0 Å². The molecule has 1 atom stereocenters. The zero-order valence-corrected chi connectivity index (χ0v) is 17.4. The Morgan fingerprint density at radius 1 is 1.11 bits per heavy atom. The lowest BCUT2D eigenvalue weighted by molar-refractivity contribution is -0.130. The number of hydrogen-bond acceptors (Lipinski definition) is 4. The Balaban J connectivity index is 1.72. The lowest BCUT2D eigenvalue weighted by Gasteiger charge is -2.22. The summed E-state index contributed by atoms with van der Waals surface area (Å²) in [4.78, 5) is 20.3. The van der Waals surface area contributed by atoms with Gasteiger partial charge >= 0.3 is 0 Å². The van der Waals surface area contributed by atoms with Crippen LogP contribution in [0.15, 0.2) is 60.1 Å². The van der Waals surface area contributed by atoms with E-state index in [0.29, 0.717) is 13.0 Å². The summed E-state index contributed by atoms with van der Waals surface area (Å²) in [5.41, 5.74) is 5.19. The van der Waals surface area contributed by atoms with Crippen LogP contribution in [0.3, 0.4) is 0 Å². The van der Waals surface area contributed by atoms with Crippen LogP contribution in [0.5, 0.6) is 5.75 Å². The van der Waals surface area contributed by atoms with Gasteiger partial charge in [0.1, 0.15) is 5.75 Å². The van der Waals surface area contributed by atoms with E-state index in [1.807, 2.05) is 66.8 Å². The standard InChI is InChI=1S/C23H26N2O2S/c1-17-22(28-16-24-17)13-14-25(2)23(26)15-21(18-7-5-4-6-8-18)19-9-11-20(27-3)12-10-19/h4-12,16,21H,13-15H2,1-3H3/t21-/m0/s1. The molecule has 0 unspecified atom stereocenters. The third-order valence-electron chi connectivity index (χ3n) is 5.04. The molecule has 0 fully saturated rings. The van der Waals surface area contributed by atoms with E-state index in [-0.39, 0.29) is 11.8 Å². The fourth-order valence-corrected chi connectivity index (χ4v) is 4.01. The van der Waals surface area contributed by atoms with Gasteiger partial charge in [0.05, 0.1) is 18.3 Å². The molecule has 28 heavy (non-hydrogen) atoms. The molecular formula is C23H26N2O2S. The van der Waals surface area contributed by atoms with E-state index < -0.39 is 0 Å².